The van der Waals surface area contributed by atoms with E-state index in [0.717, 1.165) is 29.0 Å². The molecule has 0 heterocycles. The Morgan fingerprint density at radius 2 is 1.86 bits per heavy atom. The summed E-state index contributed by atoms with van der Waals surface area (Å²) >= 11 is 0. The number of methoxy groups -OCH3 is 1. The van der Waals surface area contributed by atoms with Gasteiger partial charge >= 0.3 is 0 Å². The maximum absolute atomic E-state index is 11.7. The molecule has 29 heavy (non-hydrogen) atoms. The van der Waals surface area contributed by atoms with E-state index >= 15 is 0 Å². The molecule has 0 aliphatic rings. The van der Waals surface area contributed by atoms with Crippen LogP contribution in [-0.4, -0.2) is 47.9 Å². The molecule has 0 unspecified atom stereocenters. The standard InChI is InChI=1S/C21H29N3O4S/c1-16-13-17(9-10-20(16)29(4,25)26)15-24-21(22-2)23-11-6-12-28-19-8-5-7-18(14-19)27-3/h5,7-10,13-14H,6,11-12,15H2,1-4H3,(H2,22,23,24). The molecule has 158 valence electrons. The van der Waals surface area contributed by atoms with Gasteiger partial charge in [0.2, 0.25) is 0 Å². The monoisotopic (exact) mass is 419 g/mol. The Labute approximate surface area is 173 Å². The van der Waals surface area contributed by atoms with E-state index in [1.165, 1.54) is 6.26 Å². The summed E-state index contributed by atoms with van der Waals surface area (Å²) in [6.07, 6.45) is 2.02. The number of sulfone groups is 1. The summed E-state index contributed by atoms with van der Waals surface area (Å²) in [4.78, 5) is 4.56. The van der Waals surface area contributed by atoms with Crippen molar-refractivity contribution in [1.29, 1.82) is 0 Å². The molecule has 2 aromatic rings. The number of aliphatic imine (C=N–C) groups is 1. The van der Waals surface area contributed by atoms with Gasteiger partial charge in [-0.25, -0.2) is 8.42 Å². The first-order valence-electron chi connectivity index (χ1n) is 9.34. The summed E-state index contributed by atoms with van der Waals surface area (Å²) in [6, 6.07) is 12.8. The van der Waals surface area contributed by atoms with Gasteiger partial charge in [-0.3, -0.25) is 4.99 Å². The number of rotatable bonds is 9. The number of guanidine groups is 1. The highest BCUT2D eigenvalue weighted by Crippen LogP contribution is 2.19. The molecule has 0 radical (unpaired) electrons. The second kappa shape index (κ2) is 10.7. The second-order valence-electron chi connectivity index (χ2n) is 6.61. The first kappa shape index (κ1) is 22.5. The van der Waals surface area contributed by atoms with Crippen LogP contribution in [0.2, 0.25) is 0 Å². The maximum Gasteiger partial charge on any atom is 0.191 e. The van der Waals surface area contributed by atoms with Crippen LogP contribution in [-0.2, 0) is 16.4 Å². The first-order chi connectivity index (χ1) is 13.8. The largest absolute Gasteiger partial charge is 0.497 e. The number of nitrogens with zero attached hydrogens (tertiary/aromatic N) is 1. The fourth-order valence-electron chi connectivity index (χ4n) is 2.80. The zero-order valence-corrected chi connectivity index (χ0v) is 18.2. The second-order valence-corrected chi connectivity index (χ2v) is 8.59. The molecule has 2 N–H and O–H groups in total. The summed E-state index contributed by atoms with van der Waals surface area (Å²) in [5.41, 5.74) is 1.73. The Bertz CT molecular complexity index is 943. The van der Waals surface area contributed by atoms with Crippen molar-refractivity contribution in [3.63, 3.8) is 0 Å². The fraction of sp³-hybridized carbons (Fsp3) is 0.381. The normalized spacial score (nSPS) is 11.8. The van der Waals surface area contributed by atoms with Crippen LogP contribution in [0.25, 0.3) is 0 Å². The lowest BCUT2D eigenvalue weighted by atomic mass is 10.1. The predicted molar refractivity (Wildman–Crippen MR) is 116 cm³/mol. The topological polar surface area (TPSA) is 89.0 Å². The summed E-state index contributed by atoms with van der Waals surface area (Å²) in [6.45, 7) is 3.62. The molecular weight excluding hydrogens is 390 g/mol. The van der Waals surface area contributed by atoms with E-state index in [-0.39, 0.29) is 0 Å². The van der Waals surface area contributed by atoms with Gasteiger partial charge in [0.1, 0.15) is 11.5 Å². The Balaban J connectivity index is 1.74. The van der Waals surface area contributed by atoms with Crippen LogP contribution in [0.5, 0.6) is 11.5 Å². The van der Waals surface area contributed by atoms with Gasteiger partial charge in [-0.15, -0.1) is 0 Å². The number of ether oxygens (including phenoxy) is 2. The van der Waals surface area contributed by atoms with Crippen molar-refractivity contribution < 1.29 is 17.9 Å². The van der Waals surface area contributed by atoms with E-state index in [2.05, 4.69) is 15.6 Å². The van der Waals surface area contributed by atoms with E-state index in [9.17, 15) is 8.42 Å². The SMILES string of the molecule is CN=C(NCCCOc1cccc(OC)c1)NCc1ccc(S(C)(=O)=O)c(C)c1. The zero-order valence-electron chi connectivity index (χ0n) is 17.4. The van der Waals surface area contributed by atoms with Crippen molar-refractivity contribution in [2.45, 2.75) is 24.8 Å². The Morgan fingerprint density at radius 1 is 1.10 bits per heavy atom. The number of hydrogen-bond acceptors (Lipinski definition) is 5. The predicted octanol–water partition coefficient (Wildman–Crippen LogP) is 2.54. The maximum atomic E-state index is 11.7. The quantitative estimate of drug-likeness (QED) is 0.369. The molecule has 0 spiro atoms. The summed E-state index contributed by atoms with van der Waals surface area (Å²) in [5, 5.41) is 6.46. The average Bonchev–Trinajstić information content (AvgIpc) is 2.69. The molecule has 8 heteroatoms. The molecule has 0 saturated heterocycles. The molecule has 0 saturated carbocycles. The van der Waals surface area contributed by atoms with Crippen LogP contribution in [0.1, 0.15) is 17.5 Å². The summed E-state index contributed by atoms with van der Waals surface area (Å²) in [7, 11) is 0.133. The van der Waals surface area contributed by atoms with Crippen molar-refractivity contribution in [2.75, 3.05) is 33.6 Å². The number of hydrogen-bond donors (Lipinski definition) is 2. The third kappa shape index (κ3) is 7.30. The minimum absolute atomic E-state index is 0.361. The summed E-state index contributed by atoms with van der Waals surface area (Å²) in [5.74, 6) is 2.22. The summed E-state index contributed by atoms with van der Waals surface area (Å²) < 4.78 is 34.3. The van der Waals surface area contributed by atoms with E-state index in [0.29, 0.717) is 30.6 Å². The van der Waals surface area contributed by atoms with Gasteiger partial charge in [0.25, 0.3) is 0 Å². The van der Waals surface area contributed by atoms with Crippen LogP contribution >= 0.6 is 0 Å². The van der Waals surface area contributed by atoms with Crippen molar-refractivity contribution in [1.82, 2.24) is 10.6 Å². The fourth-order valence-corrected chi connectivity index (χ4v) is 3.76. The van der Waals surface area contributed by atoms with E-state index in [1.807, 2.05) is 36.4 Å². The van der Waals surface area contributed by atoms with Gasteiger partial charge in [-0.1, -0.05) is 18.2 Å². The van der Waals surface area contributed by atoms with Gasteiger partial charge in [0.15, 0.2) is 15.8 Å². The molecule has 0 aliphatic heterocycles. The van der Waals surface area contributed by atoms with Crippen molar-refractivity contribution in [3.05, 3.63) is 53.6 Å². The molecule has 0 aromatic heterocycles. The lowest BCUT2D eigenvalue weighted by molar-refractivity contribution is 0.308. The Hall–Kier alpha value is -2.74. The minimum Gasteiger partial charge on any atom is -0.497 e. The molecule has 7 nitrogen and oxygen atoms in total. The molecule has 0 amide bonds. The molecule has 2 rings (SSSR count). The highest BCUT2D eigenvalue weighted by Gasteiger charge is 2.10. The Kier molecular flexibility index (Phi) is 8.33. The van der Waals surface area contributed by atoms with Crippen LogP contribution in [0.4, 0.5) is 0 Å². The van der Waals surface area contributed by atoms with Gasteiger partial charge in [0, 0.05) is 32.5 Å². The third-order valence-electron chi connectivity index (χ3n) is 4.25. The van der Waals surface area contributed by atoms with Gasteiger partial charge in [-0.2, -0.15) is 0 Å². The molecular formula is C21H29N3O4S. The third-order valence-corrected chi connectivity index (χ3v) is 5.50. The van der Waals surface area contributed by atoms with Crippen LogP contribution in [0.3, 0.4) is 0 Å². The van der Waals surface area contributed by atoms with Gasteiger partial charge in [-0.05, 0) is 42.7 Å². The molecule has 0 aliphatic carbocycles. The van der Waals surface area contributed by atoms with Crippen LogP contribution in [0.15, 0.2) is 52.4 Å². The van der Waals surface area contributed by atoms with Crippen molar-refractivity contribution in [2.24, 2.45) is 4.99 Å². The van der Waals surface area contributed by atoms with Crippen LogP contribution in [0, 0.1) is 6.92 Å². The highest BCUT2D eigenvalue weighted by molar-refractivity contribution is 7.90. The lowest BCUT2D eigenvalue weighted by Crippen LogP contribution is -2.37. The van der Waals surface area contributed by atoms with E-state index in [4.69, 9.17) is 9.47 Å². The number of nitrogens with one attached hydrogen (secondary N) is 2. The van der Waals surface area contributed by atoms with E-state index in [1.54, 1.807) is 27.1 Å². The number of aryl methyl sites for hydroxylation is 1. The van der Waals surface area contributed by atoms with E-state index < -0.39 is 9.84 Å². The molecule has 0 atom stereocenters. The average molecular weight is 420 g/mol. The number of benzene rings is 2. The van der Waals surface area contributed by atoms with Crippen LogP contribution < -0.4 is 20.1 Å². The lowest BCUT2D eigenvalue weighted by Gasteiger charge is -2.13. The van der Waals surface area contributed by atoms with Gasteiger partial charge < -0.3 is 20.1 Å². The first-order valence-corrected chi connectivity index (χ1v) is 11.2. The smallest absolute Gasteiger partial charge is 0.191 e. The minimum atomic E-state index is -3.20. The molecule has 2 aromatic carbocycles. The van der Waals surface area contributed by atoms with Gasteiger partial charge in [0.05, 0.1) is 18.6 Å². The highest BCUT2D eigenvalue weighted by atomic mass is 32.2. The van der Waals surface area contributed by atoms with Crippen molar-refractivity contribution in [3.8, 4) is 11.5 Å². The molecule has 0 fully saturated rings. The van der Waals surface area contributed by atoms with Crippen molar-refractivity contribution >= 4 is 15.8 Å². The molecule has 0 bridgehead atoms. The Morgan fingerprint density at radius 3 is 2.52 bits per heavy atom. The zero-order chi connectivity index (χ0) is 21.3.